The molecule has 0 spiro atoms. The number of carbonyl (C=O) groups is 1. The van der Waals surface area contributed by atoms with E-state index in [0.717, 1.165) is 18.4 Å². The number of hydrogen-bond donors (Lipinski definition) is 1. The van der Waals surface area contributed by atoms with Gasteiger partial charge in [0, 0.05) is 6.26 Å². The number of rotatable bonds is 5. The summed E-state index contributed by atoms with van der Waals surface area (Å²) in [5.41, 5.74) is -0.970. The maximum atomic E-state index is 12.9. The molecule has 2 aromatic rings. The second-order valence-electron chi connectivity index (χ2n) is 5.10. The Morgan fingerprint density at radius 1 is 1.08 bits per heavy atom. The molecule has 25 heavy (non-hydrogen) atoms. The van der Waals surface area contributed by atoms with Crippen LogP contribution in [0.25, 0.3) is 0 Å². The zero-order chi connectivity index (χ0) is 18.7. The summed E-state index contributed by atoms with van der Waals surface area (Å²) in [6.07, 6.45) is -3.63. The lowest BCUT2D eigenvalue weighted by atomic mass is 10.2. The van der Waals surface area contributed by atoms with E-state index in [1.54, 1.807) is 0 Å². The van der Waals surface area contributed by atoms with Gasteiger partial charge in [-0.1, -0.05) is 24.3 Å². The summed E-state index contributed by atoms with van der Waals surface area (Å²) in [5, 5.41) is 2.32. The van der Waals surface area contributed by atoms with Crippen molar-refractivity contribution in [2.24, 2.45) is 0 Å². The van der Waals surface area contributed by atoms with Gasteiger partial charge in [0.2, 0.25) is 0 Å². The van der Waals surface area contributed by atoms with E-state index in [2.05, 4.69) is 5.32 Å². The summed E-state index contributed by atoms with van der Waals surface area (Å²) in [6, 6.07) is 10.2. The van der Waals surface area contributed by atoms with Crippen LogP contribution in [0.1, 0.15) is 5.56 Å². The van der Waals surface area contributed by atoms with Gasteiger partial charge in [-0.2, -0.15) is 13.2 Å². The van der Waals surface area contributed by atoms with E-state index < -0.39 is 39.8 Å². The third-order valence-electron chi connectivity index (χ3n) is 3.11. The zero-order valence-electron chi connectivity index (χ0n) is 13.0. The summed E-state index contributed by atoms with van der Waals surface area (Å²) in [5.74, 6) is -1.27. The molecule has 9 heteroatoms. The fourth-order valence-electron chi connectivity index (χ4n) is 2.05. The normalized spacial score (nSPS) is 11.8. The molecule has 0 aliphatic rings. The van der Waals surface area contributed by atoms with Gasteiger partial charge in [-0.15, -0.1) is 0 Å². The highest BCUT2D eigenvalue weighted by molar-refractivity contribution is 7.90. The number of ether oxygens (including phenoxy) is 1. The summed E-state index contributed by atoms with van der Waals surface area (Å²) in [6.45, 7) is -0.703. The van der Waals surface area contributed by atoms with E-state index >= 15 is 0 Å². The average molecular weight is 373 g/mol. The van der Waals surface area contributed by atoms with Gasteiger partial charge in [0.15, 0.2) is 16.4 Å². The number of carbonyl (C=O) groups excluding carboxylic acids is 1. The van der Waals surface area contributed by atoms with Gasteiger partial charge in [-0.25, -0.2) is 8.42 Å². The molecule has 0 aliphatic carbocycles. The minimum atomic E-state index is -4.62. The number of amides is 1. The first-order valence-electron chi connectivity index (χ1n) is 6.97. The molecule has 0 heterocycles. The number of benzene rings is 2. The standard InChI is InChI=1S/C16H14F3NO4S/c1-25(22,23)14-9-5-3-7-12(14)20-15(21)10-24-13-8-4-2-6-11(13)16(17,18)19/h2-9H,10H2,1H3,(H,20,21). The van der Waals surface area contributed by atoms with Crippen molar-refractivity contribution in [3.8, 4) is 5.75 Å². The van der Waals surface area contributed by atoms with Crippen LogP contribution in [0.5, 0.6) is 5.75 Å². The predicted octanol–water partition coefficient (Wildman–Crippen LogP) is 3.13. The van der Waals surface area contributed by atoms with Crippen molar-refractivity contribution in [1.29, 1.82) is 0 Å². The average Bonchev–Trinajstić information content (AvgIpc) is 2.52. The number of para-hydroxylation sites is 2. The number of anilines is 1. The fourth-order valence-corrected chi connectivity index (χ4v) is 2.89. The lowest BCUT2D eigenvalue weighted by Crippen LogP contribution is -2.22. The highest BCUT2D eigenvalue weighted by Gasteiger charge is 2.34. The van der Waals surface area contributed by atoms with Gasteiger partial charge in [0.25, 0.3) is 5.91 Å². The highest BCUT2D eigenvalue weighted by atomic mass is 32.2. The molecule has 0 saturated carbocycles. The van der Waals surface area contributed by atoms with Crippen LogP contribution in [0, 0.1) is 0 Å². The van der Waals surface area contributed by atoms with Crippen molar-refractivity contribution in [2.45, 2.75) is 11.1 Å². The number of hydrogen-bond acceptors (Lipinski definition) is 4. The third-order valence-corrected chi connectivity index (χ3v) is 4.27. The molecule has 2 rings (SSSR count). The van der Waals surface area contributed by atoms with Crippen LogP contribution in [-0.4, -0.2) is 27.2 Å². The Labute approximate surface area is 142 Å². The smallest absolute Gasteiger partial charge is 0.419 e. The molecule has 2 aromatic carbocycles. The summed E-state index contributed by atoms with van der Waals surface area (Å²) in [4.78, 5) is 11.8. The Hall–Kier alpha value is -2.55. The Bertz CT molecular complexity index is 879. The molecule has 1 N–H and O–H groups in total. The maximum Gasteiger partial charge on any atom is 0.419 e. The first kappa shape index (κ1) is 18.8. The Balaban J connectivity index is 2.11. The molecule has 0 radical (unpaired) electrons. The highest BCUT2D eigenvalue weighted by Crippen LogP contribution is 2.35. The summed E-state index contributed by atoms with van der Waals surface area (Å²) < 4.78 is 66.8. The van der Waals surface area contributed by atoms with Gasteiger partial charge < -0.3 is 10.1 Å². The quantitative estimate of drug-likeness (QED) is 0.874. The molecule has 0 atom stereocenters. The molecule has 0 aromatic heterocycles. The minimum absolute atomic E-state index is 0.0303. The van der Waals surface area contributed by atoms with E-state index in [4.69, 9.17) is 4.74 Å². The van der Waals surface area contributed by atoms with E-state index in [-0.39, 0.29) is 10.6 Å². The molecule has 5 nitrogen and oxygen atoms in total. The number of halogens is 3. The SMILES string of the molecule is CS(=O)(=O)c1ccccc1NC(=O)COc1ccccc1C(F)(F)F. The third kappa shape index (κ3) is 4.96. The molecule has 0 aliphatic heterocycles. The zero-order valence-corrected chi connectivity index (χ0v) is 13.8. The van der Waals surface area contributed by atoms with Crippen molar-refractivity contribution < 1.29 is 31.1 Å². The molecule has 134 valence electrons. The van der Waals surface area contributed by atoms with E-state index in [9.17, 15) is 26.4 Å². The molecule has 1 amide bonds. The van der Waals surface area contributed by atoms with E-state index in [1.165, 1.54) is 36.4 Å². The lowest BCUT2D eigenvalue weighted by molar-refractivity contribution is -0.139. The number of sulfone groups is 1. The Morgan fingerprint density at radius 2 is 1.68 bits per heavy atom. The topological polar surface area (TPSA) is 72.5 Å². The Morgan fingerprint density at radius 3 is 2.32 bits per heavy atom. The van der Waals surface area contributed by atoms with Gasteiger partial charge in [-0.3, -0.25) is 4.79 Å². The minimum Gasteiger partial charge on any atom is -0.483 e. The van der Waals surface area contributed by atoms with Crippen LogP contribution >= 0.6 is 0 Å². The monoisotopic (exact) mass is 373 g/mol. The van der Waals surface area contributed by atoms with Gasteiger partial charge in [0.1, 0.15) is 5.75 Å². The second kappa shape index (κ2) is 7.14. The summed E-state index contributed by atoms with van der Waals surface area (Å²) >= 11 is 0. The summed E-state index contributed by atoms with van der Waals surface area (Å²) in [7, 11) is -3.58. The second-order valence-corrected chi connectivity index (χ2v) is 7.08. The van der Waals surface area contributed by atoms with E-state index in [1.807, 2.05) is 0 Å². The van der Waals surface area contributed by atoms with Crippen LogP contribution in [-0.2, 0) is 20.8 Å². The van der Waals surface area contributed by atoms with Gasteiger partial charge in [0.05, 0.1) is 16.1 Å². The first-order chi connectivity index (χ1) is 11.6. The van der Waals surface area contributed by atoms with Crippen molar-refractivity contribution in [3.05, 3.63) is 54.1 Å². The van der Waals surface area contributed by atoms with Crippen LogP contribution in [0.4, 0.5) is 18.9 Å². The van der Waals surface area contributed by atoms with Crippen molar-refractivity contribution >= 4 is 21.4 Å². The van der Waals surface area contributed by atoms with E-state index in [0.29, 0.717) is 0 Å². The predicted molar refractivity (Wildman–Crippen MR) is 85.1 cm³/mol. The fraction of sp³-hybridized carbons (Fsp3) is 0.188. The number of nitrogens with one attached hydrogen (secondary N) is 1. The molecule has 0 saturated heterocycles. The molecule has 0 fully saturated rings. The van der Waals surface area contributed by atoms with Gasteiger partial charge in [-0.05, 0) is 24.3 Å². The van der Waals surface area contributed by atoms with Crippen molar-refractivity contribution in [2.75, 3.05) is 18.2 Å². The molecule has 0 unspecified atom stereocenters. The van der Waals surface area contributed by atoms with Crippen LogP contribution < -0.4 is 10.1 Å². The van der Waals surface area contributed by atoms with Crippen LogP contribution in [0.15, 0.2) is 53.4 Å². The van der Waals surface area contributed by atoms with Crippen LogP contribution in [0.3, 0.4) is 0 Å². The molecular weight excluding hydrogens is 359 g/mol. The van der Waals surface area contributed by atoms with Gasteiger partial charge >= 0.3 is 6.18 Å². The van der Waals surface area contributed by atoms with Crippen molar-refractivity contribution in [3.63, 3.8) is 0 Å². The maximum absolute atomic E-state index is 12.9. The largest absolute Gasteiger partial charge is 0.483 e. The van der Waals surface area contributed by atoms with Crippen LogP contribution in [0.2, 0.25) is 0 Å². The Kier molecular flexibility index (Phi) is 5.36. The van der Waals surface area contributed by atoms with Crippen molar-refractivity contribution in [1.82, 2.24) is 0 Å². The number of alkyl halides is 3. The molecular formula is C16H14F3NO4S. The first-order valence-corrected chi connectivity index (χ1v) is 8.86. The molecule has 0 bridgehead atoms. The lowest BCUT2D eigenvalue weighted by Gasteiger charge is -2.14.